The van der Waals surface area contributed by atoms with Gasteiger partial charge in [0.15, 0.2) is 11.6 Å². The van der Waals surface area contributed by atoms with Crippen molar-refractivity contribution in [2.45, 2.75) is 32.1 Å². The lowest BCUT2D eigenvalue weighted by Crippen LogP contribution is -2.36. The lowest BCUT2D eigenvalue weighted by atomic mass is 10.1. The average molecular weight is 480 g/mol. The molecule has 1 heterocycles. The second-order valence-electron chi connectivity index (χ2n) is 7.98. The van der Waals surface area contributed by atoms with E-state index in [2.05, 4.69) is 5.32 Å². The number of anilines is 2. The number of nitrogens with zero attached hydrogens (tertiary/aromatic N) is 2. The maximum atomic E-state index is 13.6. The van der Waals surface area contributed by atoms with Crippen LogP contribution in [0.15, 0.2) is 42.5 Å². The van der Waals surface area contributed by atoms with Gasteiger partial charge >= 0.3 is 0 Å². The molecule has 1 saturated heterocycles. The van der Waals surface area contributed by atoms with E-state index in [4.69, 9.17) is 0 Å². The van der Waals surface area contributed by atoms with Gasteiger partial charge in [-0.25, -0.2) is 17.2 Å². The molecule has 0 spiro atoms. The van der Waals surface area contributed by atoms with Gasteiger partial charge in [-0.3, -0.25) is 13.9 Å². The van der Waals surface area contributed by atoms with Gasteiger partial charge in [-0.05, 0) is 49.9 Å². The van der Waals surface area contributed by atoms with Gasteiger partial charge in [-0.2, -0.15) is 0 Å². The number of hydrogen-bond acceptors (Lipinski definition) is 4. The van der Waals surface area contributed by atoms with Gasteiger partial charge < -0.3 is 10.2 Å². The van der Waals surface area contributed by atoms with Crippen molar-refractivity contribution in [2.24, 2.45) is 0 Å². The van der Waals surface area contributed by atoms with E-state index in [1.807, 2.05) is 0 Å². The smallest absolute Gasteiger partial charge is 0.255 e. The number of piperidine rings is 1. The minimum atomic E-state index is -3.77. The second-order valence-corrected chi connectivity index (χ2v) is 9.89. The highest BCUT2D eigenvalue weighted by molar-refractivity contribution is 7.92. The van der Waals surface area contributed by atoms with E-state index >= 15 is 0 Å². The van der Waals surface area contributed by atoms with Crippen molar-refractivity contribution in [1.82, 2.24) is 4.90 Å². The Balaban J connectivity index is 1.63. The molecule has 1 aliphatic rings. The first-order chi connectivity index (χ1) is 15.7. The zero-order valence-corrected chi connectivity index (χ0v) is 19.2. The van der Waals surface area contributed by atoms with Gasteiger partial charge in [0.05, 0.1) is 23.2 Å². The Kier molecular flexibility index (Phi) is 8.01. The molecule has 33 heavy (non-hydrogen) atoms. The summed E-state index contributed by atoms with van der Waals surface area (Å²) in [7, 11) is -3.77. The Labute approximate surface area is 192 Å². The molecule has 2 aromatic rings. The molecule has 3 rings (SSSR count). The number of nitrogens with one attached hydrogen (secondary N) is 1. The summed E-state index contributed by atoms with van der Waals surface area (Å²) >= 11 is 0. The van der Waals surface area contributed by atoms with Crippen molar-refractivity contribution in [3.05, 3.63) is 59.7 Å². The van der Waals surface area contributed by atoms with Crippen molar-refractivity contribution < 1.29 is 26.8 Å². The summed E-state index contributed by atoms with van der Waals surface area (Å²) in [5, 5.41) is 2.74. The summed E-state index contributed by atoms with van der Waals surface area (Å²) in [6.07, 6.45) is 4.07. The first kappa shape index (κ1) is 24.6. The third kappa shape index (κ3) is 6.50. The van der Waals surface area contributed by atoms with Crippen molar-refractivity contribution >= 4 is 33.2 Å². The summed E-state index contributed by atoms with van der Waals surface area (Å²) in [5.74, 6) is -2.75. The molecular weight excluding hydrogens is 452 g/mol. The monoisotopic (exact) mass is 479 g/mol. The second kappa shape index (κ2) is 10.7. The van der Waals surface area contributed by atoms with Crippen LogP contribution in [0, 0.1) is 11.6 Å². The maximum Gasteiger partial charge on any atom is 0.255 e. The SMILES string of the molecule is CS(=O)(=O)N(CCCC(=O)Nc1ccccc1C(=O)N1CCCCC1)c1ccc(F)c(F)c1. The Morgan fingerprint density at radius 1 is 1.03 bits per heavy atom. The van der Waals surface area contributed by atoms with Gasteiger partial charge in [0.1, 0.15) is 0 Å². The van der Waals surface area contributed by atoms with Crippen molar-refractivity contribution in [2.75, 3.05) is 35.5 Å². The number of benzene rings is 2. The van der Waals surface area contributed by atoms with E-state index in [9.17, 15) is 26.8 Å². The molecule has 2 amide bonds. The number of halogens is 2. The Bertz CT molecular complexity index is 1120. The van der Waals surface area contributed by atoms with Crippen LogP contribution in [0.3, 0.4) is 0 Å². The van der Waals surface area contributed by atoms with Crippen molar-refractivity contribution in [1.29, 1.82) is 0 Å². The summed E-state index contributed by atoms with van der Waals surface area (Å²) < 4.78 is 52.0. The zero-order chi connectivity index (χ0) is 24.0. The topological polar surface area (TPSA) is 86.8 Å². The fourth-order valence-electron chi connectivity index (χ4n) is 3.77. The van der Waals surface area contributed by atoms with Crippen LogP contribution < -0.4 is 9.62 Å². The number of carbonyl (C=O) groups is 2. The van der Waals surface area contributed by atoms with Crippen LogP contribution in [0.25, 0.3) is 0 Å². The van der Waals surface area contributed by atoms with Gasteiger partial charge in [0.25, 0.3) is 5.91 Å². The Hall–Kier alpha value is -3.01. The van der Waals surface area contributed by atoms with E-state index < -0.39 is 21.7 Å². The number of rotatable bonds is 8. The number of para-hydroxylation sites is 1. The largest absolute Gasteiger partial charge is 0.339 e. The molecule has 0 aromatic heterocycles. The van der Waals surface area contributed by atoms with Gasteiger partial charge in [0.2, 0.25) is 15.9 Å². The quantitative estimate of drug-likeness (QED) is 0.624. The summed E-state index contributed by atoms with van der Waals surface area (Å²) in [5.41, 5.74) is 0.792. The minimum Gasteiger partial charge on any atom is -0.339 e. The van der Waals surface area contributed by atoms with Crippen LogP contribution in [0.2, 0.25) is 0 Å². The van der Waals surface area contributed by atoms with Crippen LogP contribution in [0.4, 0.5) is 20.2 Å². The number of amides is 2. The Morgan fingerprint density at radius 3 is 2.39 bits per heavy atom. The molecule has 0 atom stereocenters. The molecule has 1 aliphatic heterocycles. The van der Waals surface area contributed by atoms with Crippen molar-refractivity contribution in [3.63, 3.8) is 0 Å². The van der Waals surface area contributed by atoms with Crippen LogP contribution >= 0.6 is 0 Å². The minimum absolute atomic E-state index is 0.0192. The van der Waals surface area contributed by atoms with Gasteiger partial charge in [-0.15, -0.1) is 0 Å². The molecule has 0 unspecified atom stereocenters. The highest BCUT2D eigenvalue weighted by atomic mass is 32.2. The predicted molar refractivity (Wildman–Crippen MR) is 123 cm³/mol. The molecule has 0 bridgehead atoms. The normalized spacial score (nSPS) is 14.1. The molecule has 0 saturated carbocycles. The molecule has 7 nitrogen and oxygen atoms in total. The number of hydrogen-bond donors (Lipinski definition) is 1. The molecule has 2 aromatic carbocycles. The third-order valence-electron chi connectivity index (χ3n) is 5.43. The fraction of sp³-hybridized carbons (Fsp3) is 0.391. The number of carbonyl (C=O) groups excluding carboxylic acids is 2. The summed E-state index contributed by atoms with van der Waals surface area (Å²) in [6.45, 7) is 1.28. The molecule has 1 fully saturated rings. The van der Waals surface area contributed by atoms with E-state index in [1.165, 1.54) is 6.07 Å². The third-order valence-corrected chi connectivity index (χ3v) is 6.63. The van der Waals surface area contributed by atoms with Crippen molar-refractivity contribution in [3.8, 4) is 0 Å². The molecular formula is C23H27F2N3O4S. The molecule has 10 heteroatoms. The van der Waals surface area contributed by atoms with Crippen LogP contribution in [-0.2, 0) is 14.8 Å². The van der Waals surface area contributed by atoms with Crippen LogP contribution in [-0.4, -0.2) is 51.0 Å². The van der Waals surface area contributed by atoms with Gasteiger partial charge in [-0.1, -0.05) is 12.1 Å². The highest BCUT2D eigenvalue weighted by Crippen LogP contribution is 2.22. The fourth-order valence-corrected chi connectivity index (χ4v) is 4.73. The first-order valence-corrected chi connectivity index (χ1v) is 12.6. The van der Waals surface area contributed by atoms with Crippen LogP contribution in [0.1, 0.15) is 42.5 Å². The van der Waals surface area contributed by atoms with E-state index in [0.29, 0.717) is 24.3 Å². The first-order valence-electron chi connectivity index (χ1n) is 10.8. The number of sulfonamides is 1. The lowest BCUT2D eigenvalue weighted by molar-refractivity contribution is -0.116. The lowest BCUT2D eigenvalue weighted by Gasteiger charge is -2.27. The van der Waals surface area contributed by atoms with Crippen LogP contribution in [0.5, 0.6) is 0 Å². The standard InChI is InChI=1S/C23H27F2N3O4S/c1-33(31,32)28(17-11-12-19(24)20(25)16-17)15-7-10-22(29)26-21-9-4-3-8-18(21)23(30)27-13-5-2-6-14-27/h3-4,8-9,11-12,16H,2,5-7,10,13-15H2,1H3,(H,26,29). The summed E-state index contributed by atoms with van der Waals surface area (Å²) in [4.78, 5) is 27.2. The predicted octanol–water partition coefficient (Wildman–Crippen LogP) is 3.78. The van der Waals surface area contributed by atoms with E-state index in [0.717, 1.165) is 42.0 Å². The van der Waals surface area contributed by atoms with Gasteiger partial charge in [0, 0.05) is 32.1 Å². The number of likely N-dealkylation sites (tertiary alicyclic amines) is 1. The van der Waals surface area contributed by atoms with E-state index in [1.54, 1.807) is 29.2 Å². The van der Waals surface area contributed by atoms with E-state index in [-0.39, 0.29) is 36.9 Å². The summed E-state index contributed by atoms with van der Waals surface area (Å²) in [6, 6.07) is 9.60. The maximum absolute atomic E-state index is 13.6. The molecule has 178 valence electrons. The highest BCUT2D eigenvalue weighted by Gasteiger charge is 2.22. The molecule has 1 N–H and O–H groups in total. The zero-order valence-electron chi connectivity index (χ0n) is 18.4. The molecule has 0 radical (unpaired) electrons. The average Bonchev–Trinajstić information content (AvgIpc) is 2.78. The molecule has 0 aliphatic carbocycles. The Morgan fingerprint density at radius 2 is 1.73 bits per heavy atom.